The van der Waals surface area contributed by atoms with Gasteiger partial charge in [0.15, 0.2) is 0 Å². The Morgan fingerprint density at radius 2 is 2.05 bits per heavy atom. The van der Waals surface area contributed by atoms with Crippen molar-refractivity contribution in [1.82, 2.24) is 5.32 Å². The Bertz CT molecular complexity index is 546. The molecule has 0 spiro atoms. The van der Waals surface area contributed by atoms with Crippen molar-refractivity contribution in [2.75, 3.05) is 0 Å². The number of aryl methyl sites for hydroxylation is 1. The van der Waals surface area contributed by atoms with E-state index >= 15 is 0 Å². The van der Waals surface area contributed by atoms with Crippen LogP contribution >= 0.6 is 27.3 Å². The van der Waals surface area contributed by atoms with E-state index in [4.69, 9.17) is 0 Å². The summed E-state index contributed by atoms with van der Waals surface area (Å²) in [7, 11) is 0. The number of hydrogen-bond acceptors (Lipinski definition) is 2. The number of fused-ring (bicyclic) bond motifs is 1. The van der Waals surface area contributed by atoms with Crippen molar-refractivity contribution in [1.29, 1.82) is 0 Å². The molecule has 0 fully saturated rings. The standard InChI is InChI=1S/C16H18BrNS/c1-11(12-5-7-13(17)8-6-12)18-15-3-2-4-16-14(15)9-10-19-16/h5-11,15,18H,2-4H2,1H3/t11-,15?/m0/s1. The Balaban J connectivity index is 1.74. The third-order valence-electron chi connectivity index (χ3n) is 3.87. The summed E-state index contributed by atoms with van der Waals surface area (Å²) in [6, 6.07) is 11.8. The fourth-order valence-corrected chi connectivity index (χ4v) is 4.06. The van der Waals surface area contributed by atoms with Gasteiger partial charge < -0.3 is 5.32 Å². The van der Waals surface area contributed by atoms with Crippen molar-refractivity contribution in [2.24, 2.45) is 0 Å². The van der Waals surface area contributed by atoms with E-state index in [1.807, 2.05) is 11.3 Å². The molecule has 1 unspecified atom stereocenters. The van der Waals surface area contributed by atoms with E-state index in [1.165, 1.54) is 30.4 Å². The van der Waals surface area contributed by atoms with Crippen molar-refractivity contribution in [2.45, 2.75) is 38.3 Å². The highest BCUT2D eigenvalue weighted by Gasteiger charge is 2.22. The minimum absolute atomic E-state index is 0.393. The van der Waals surface area contributed by atoms with E-state index in [9.17, 15) is 0 Å². The summed E-state index contributed by atoms with van der Waals surface area (Å²) in [4.78, 5) is 1.58. The van der Waals surface area contributed by atoms with Gasteiger partial charge in [-0.3, -0.25) is 0 Å². The lowest BCUT2D eigenvalue weighted by Gasteiger charge is -2.27. The van der Waals surface area contributed by atoms with Crippen LogP contribution in [0, 0.1) is 0 Å². The van der Waals surface area contributed by atoms with Gasteiger partial charge in [0.25, 0.3) is 0 Å². The molecule has 0 aliphatic heterocycles. The third-order valence-corrected chi connectivity index (χ3v) is 5.40. The van der Waals surface area contributed by atoms with Crippen molar-refractivity contribution in [3.63, 3.8) is 0 Å². The maximum absolute atomic E-state index is 3.79. The van der Waals surface area contributed by atoms with E-state index in [0.29, 0.717) is 12.1 Å². The normalized spacial score (nSPS) is 20.0. The SMILES string of the molecule is C[C@H](NC1CCCc2sccc21)c1ccc(Br)cc1. The highest BCUT2D eigenvalue weighted by molar-refractivity contribution is 9.10. The Morgan fingerprint density at radius 1 is 1.26 bits per heavy atom. The molecule has 3 heteroatoms. The van der Waals surface area contributed by atoms with Gasteiger partial charge in [-0.1, -0.05) is 28.1 Å². The number of rotatable bonds is 3. The molecule has 1 aliphatic carbocycles. The molecule has 2 aromatic rings. The predicted molar refractivity (Wildman–Crippen MR) is 85.7 cm³/mol. The quantitative estimate of drug-likeness (QED) is 0.808. The van der Waals surface area contributed by atoms with Crippen LogP contribution in [0.4, 0.5) is 0 Å². The van der Waals surface area contributed by atoms with Gasteiger partial charge in [-0.15, -0.1) is 11.3 Å². The fourth-order valence-electron chi connectivity index (χ4n) is 2.81. The van der Waals surface area contributed by atoms with Crippen molar-refractivity contribution >= 4 is 27.3 Å². The molecule has 2 atom stereocenters. The van der Waals surface area contributed by atoms with E-state index in [2.05, 4.69) is 63.9 Å². The zero-order valence-electron chi connectivity index (χ0n) is 11.0. The van der Waals surface area contributed by atoms with Gasteiger partial charge in [0.1, 0.15) is 0 Å². The summed E-state index contributed by atoms with van der Waals surface area (Å²) in [6.45, 7) is 2.25. The molecule has 0 saturated heterocycles. The second kappa shape index (κ2) is 5.78. The highest BCUT2D eigenvalue weighted by atomic mass is 79.9. The zero-order valence-corrected chi connectivity index (χ0v) is 13.4. The van der Waals surface area contributed by atoms with Crippen LogP contribution in [0.5, 0.6) is 0 Å². The summed E-state index contributed by atoms with van der Waals surface area (Å²) in [6.07, 6.45) is 3.82. The maximum atomic E-state index is 3.79. The Hall–Kier alpha value is -0.640. The Morgan fingerprint density at radius 3 is 2.84 bits per heavy atom. The minimum Gasteiger partial charge on any atom is -0.303 e. The molecule has 1 aliphatic rings. The average molecular weight is 336 g/mol. The molecule has 0 saturated carbocycles. The minimum atomic E-state index is 0.393. The molecule has 1 aromatic carbocycles. The van der Waals surface area contributed by atoms with Gasteiger partial charge in [-0.25, -0.2) is 0 Å². The van der Waals surface area contributed by atoms with Crippen LogP contribution in [-0.2, 0) is 6.42 Å². The van der Waals surface area contributed by atoms with Gasteiger partial charge >= 0.3 is 0 Å². The van der Waals surface area contributed by atoms with Gasteiger partial charge in [0.2, 0.25) is 0 Å². The Kier molecular flexibility index (Phi) is 4.06. The lowest BCUT2D eigenvalue weighted by molar-refractivity contribution is 0.418. The van der Waals surface area contributed by atoms with Crippen LogP contribution in [0.2, 0.25) is 0 Å². The van der Waals surface area contributed by atoms with Gasteiger partial charge in [-0.05, 0) is 60.9 Å². The molecule has 1 nitrogen and oxygen atoms in total. The fraction of sp³-hybridized carbons (Fsp3) is 0.375. The van der Waals surface area contributed by atoms with Crippen LogP contribution in [0.25, 0.3) is 0 Å². The van der Waals surface area contributed by atoms with Crippen molar-refractivity contribution in [3.05, 3.63) is 56.2 Å². The van der Waals surface area contributed by atoms with Gasteiger partial charge in [-0.2, -0.15) is 0 Å². The van der Waals surface area contributed by atoms with Gasteiger partial charge in [0, 0.05) is 21.4 Å². The number of nitrogens with one attached hydrogen (secondary N) is 1. The summed E-state index contributed by atoms with van der Waals surface area (Å²) in [5.41, 5.74) is 2.88. The molecule has 1 N–H and O–H groups in total. The van der Waals surface area contributed by atoms with E-state index < -0.39 is 0 Å². The van der Waals surface area contributed by atoms with E-state index in [0.717, 1.165) is 4.47 Å². The molecule has 0 bridgehead atoms. The molecule has 0 radical (unpaired) electrons. The summed E-state index contributed by atoms with van der Waals surface area (Å²) >= 11 is 5.40. The monoisotopic (exact) mass is 335 g/mol. The molecule has 100 valence electrons. The van der Waals surface area contributed by atoms with Crippen LogP contribution in [0.15, 0.2) is 40.2 Å². The van der Waals surface area contributed by atoms with E-state index in [1.54, 1.807) is 4.88 Å². The highest BCUT2D eigenvalue weighted by Crippen LogP contribution is 2.34. The summed E-state index contributed by atoms with van der Waals surface area (Å²) in [5.74, 6) is 0. The van der Waals surface area contributed by atoms with Crippen LogP contribution in [0.3, 0.4) is 0 Å². The predicted octanol–water partition coefficient (Wildman–Crippen LogP) is 5.24. The first-order chi connectivity index (χ1) is 9.24. The lowest BCUT2D eigenvalue weighted by atomic mass is 9.93. The first-order valence-corrected chi connectivity index (χ1v) is 8.49. The summed E-state index contributed by atoms with van der Waals surface area (Å²) < 4.78 is 1.14. The second-order valence-corrected chi connectivity index (χ2v) is 7.10. The number of thiophene rings is 1. The molecule has 1 heterocycles. The molecule has 3 rings (SSSR count). The zero-order chi connectivity index (χ0) is 13.2. The number of hydrogen-bond donors (Lipinski definition) is 1. The largest absolute Gasteiger partial charge is 0.303 e. The smallest absolute Gasteiger partial charge is 0.0336 e. The Labute approximate surface area is 127 Å². The topological polar surface area (TPSA) is 12.0 Å². The number of benzene rings is 1. The lowest BCUT2D eigenvalue weighted by Crippen LogP contribution is -2.27. The molecule has 1 aromatic heterocycles. The molecule has 19 heavy (non-hydrogen) atoms. The van der Waals surface area contributed by atoms with Crippen LogP contribution in [0.1, 0.15) is 47.9 Å². The third kappa shape index (κ3) is 2.93. The van der Waals surface area contributed by atoms with Crippen LogP contribution < -0.4 is 5.32 Å². The average Bonchev–Trinajstić information content (AvgIpc) is 2.89. The molecule has 0 amide bonds. The van der Waals surface area contributed by atoms with Crippen LogP contribution in [-0.4, -0.2) is 0 Å². The second-order valence-electron chi connectivity index (χ2n) is 5.18. The van der Waals surface area contributed by atoms with Crippen molar-refractivity contribution < 1.29 is 0 Å². The molecular formula is C16H18BrNS. The summed E-state index contributed by atoms with van der Waals surface area (Å²) in [5, 5.41) is 6.02. The van der Waals surface area contributed by atoms with Gasteiger partial charge in [0.05, 0.1) is 0 Å². The number of halogens is 1. The van der Waals surface area contributed by atoms with Crippen molar-refractivity contribution in [3.8, 4) is 0 Å². The van der Waals surface area contributed by atoms with E-state index in [-0.39, 0.29) is 0 Å². The maximum Gasteiger partial charge on any atom is 0.0336 e. The molecular weight excluding hydrogens is 318 g/mol. The first-order valence-electron chi connectivity index (χ1n) is 6.82. The first kappa shape index (κ1) is 13.3.